The van der Waals surface area contributed by atoms with Gasteiger partial charge in [-0.15, -0.1) is 11.3 Å². The molecule has 0 aliphatic carbocycles. The van der Waals surface area contributed by atoms with Gasteiger partial charge in [-0.1, -0.05) is 40.7 Å². The van der Waals surface area contributed by atoms with Gasteiger partial charge in [0.1, 0.15) is 22.3 Å². The van der Waals surface area contributed by atoms with E-state index < -0.39 is 38.5 Å². The Bertz CT molecular complexity index is 1200. The molecule has 10 heteroatoms. The lowest BCUT2D eigenvalue weighted by molar-refractivity contribution is -0.150. The van der Waals surface area contributed by atoms with Crippen LogP contribution in [-0.4, -0.2) is 59.4 Å². The number of sulfone groups is 1. The molecule has 35 heavy (non-hydrogen) atoms. The van der Waals surface area contributed by atoms with E-state index >= 15 is 0 Å². The number of methoxy groups -OCH3 is 1. The third-order valence-corrected chi connectivity index (χ3v) is 8.87. The fourth-order valence-corrected chi connectivity index (χ4v) is 7.22. The molecule has 1 aliphatic heterocycles. The highest BCUT2D eigenvalue weighted by Crippen LogP contribution is 2.50. The molecule has 0 radical (unpaired) electrons. The number of nitrogens with zero attached hydrogens (tertiary/aromatic N) is 2. The number of likely N-dealkylation sites (tertiary alicyclic amines) is 1. The molecule has 0 bridgehead atoms. The number of aliphatic carboxylic acids is 1. The maximum Gasteiger partial charge on any atom is 0.329 e. The summed E-state index contributed by atoms with van der Waals surface area (Å²) in [6.07, 6.45) is 2.54. The second-order valence-corrected chi connectivity index (χ2v) is 13.9. The number of aromatic nitrogens is 1. The molecule has 3 atom stereocenters. The number of carboxylic acid groups (broad SMARTS) is 1. The number of amides is 1. The Kier molecular flexibility index (Phi) is 7.39. The van der Waals surface area contributed by atoms with Crippen LogP contribution in [-0.2, 0) is 20.0 Å². The fourth-order valence-electron chi connectivity index (χ4n) is 5.05. The summed E-state index contributed by atoms with van der Waals surface area (Å²) in [5.74, 6) is -1.36. The summed E-state index contributed by atoms with van der Waals surface area (Å²) in [4.78, 5) is 32.6. The average Bonchev–Trinajstić information content (AvgIpc) is 3.38. The van der Waals surface area contributed by atoms with Crippen LogP contribution >= 0.6 is 11.3 Å². The molecule has 3 rings (SSSR count). The topological polar surface area (TPSA) is 114 Å². The molecule has 1 N–H and O–H groups in total. The number of carbonyl (C=O) groups excluding carboxylic acids is 1. The van der Waals surface area contributed by atoms with Gasteiger partial charge in [-0.05, 0) is 35.4 Å². The van der Waals surface area contributed by atoms with Crippen molar-refractivity contribution in [1.29, 1.82) is 0 Å². The number of benzene rings is 1. The zero-order valence-corrected chi connectivity index (χ0v) is 22.9. The van der Waals surface area contributed by atoms with Gasteiger partial charge in [-0.25, -0.2) is 18.2 Å². The number of hydrogen-bond donors (Lipinski definition) is 1. The Balaban J connectivity index is 2.27. The van der Waals surface area contributed by atoms with Crippen LogP contribution < -0.4 is 4.74 Å². The van der Waals surface area contributed by atoms with E-state index in [0.717, 1.165) is 11.8 Å². The van der Waals surface area contributed by atoms with Crippen molar-refractivity contribution in [3.05, 3.63) is 45.9 Å². The normalized spacial score (nSPS) is 23.0. The van der Waals surface area contributed by atoms with E-state index in [1.165, 1.54) is 29.5 Å². The minimum absolute atomic E-state index is 0.102. The van der Waals surface area contributed by atoms with E-state index in [2.05, 4.69) is 4.98 Å². The maximum absolute atomic E-state index is 14.1. The van der Waals surface area contributed by atoms with Crippen molar-refractivity contribution < 1.29 is 27.9 Å². The zero-order valence-electron chi connectivity index (χ0n) is 21.2. The molecule has 192 valence electrons. The van der Waals surface area contributed by atoms with Crippen molar-refractivity contribution in [2.75, 3.05) is 13.4 Å². The van der Waals surface area contributed by atoms with Crippen molar-refractivity contribution >= 4 is 33.1 Å². The Morgan fingerprint density at radius 1 is 1.31 bits per heavy atom. The van der Waals surface area contributed by atoms with Crippen molar-refractivity contribution in [2.45, 2.75) is 69.7 Å². The van der Waals surface area contributed by atoms with Crippen LogP contribution in [0.2, 0.25) is 0 Å². The molecular formula is C25H34N2O6S2. The van der Waals surface area contributed by atoms with Gasteiger partial charge in [0.05, 0.1) is 12.4 Å². The first-order valence-electron chi connectivity index (χ1n) is 11.5. The lowest BCUT2D eigenvalue weighted by Crippen LogP contribution is -2.54. The number of thiazole rings is 1. The van der Waals surface area contributed by atoms with E-state index in [9.17, 15) is 23.1 Å². The summed E-state index contributed by atoms with van der Waals surface area (Å²) < 4.78 is 31.4. The van der Waals surface area contributed by atoms with E-state index in [-0.39, 0.29) is 29.7 Å². The summed E-state index contributed by atoms with van der Waals surface area (Å²) in [5, 5.41) is 11.5. The number of hydrogen-bond acceptors (Lipinski definition) is 7. The molecule has 1 aromatic carbocycles. The van der Waals surface area contributed by atoms with Crippen molar-refractivity contribution in [2.24, 2.45) is 5.92 Å². The zero-order chi connectivity index (χ0) is 26.3. The SMILES string of the molecule is COc1cc(C(=O)N2[C@@H](c3nccs3)[C@@H](S(C)(=O)=O)C[C@@]2(CC(C)C)C(=O)O)ccc1C(C)(C)C. The highest BCUT2D eigenvalue weighted by atomic mass is 32.2. The maximum atomic E-state index is 14.1. The monoisotopic (exact) mass is 522 g/mol. The Labute approximate surface area is 211 Å². The minimum atomic E-state index is -3.72. The summed E-state index contributed by atoms with van der Waals surface area (Å²) in [5.41, 5.74) is -0.811. The summed E-state index contributed by atoms with van der Waals surface area (Å²) in [6.45, 7) is 9.81. The minimum Gasteiger partial charge on any atom is -0.496 e. The third kappa shape index (κ3) is 5.09. The summed E-state index contributed by atoms with van der Waals surface area (Å²) >= 11 is 1.21. The Morgan fingerprint density at radius 3 is 2.43 bits per heavy atom. The van der Waals surface area contributed by atoms with Gasteiger partial charge >= 0.3 is 5.97 Å². The smallest absolute Gasteiger partial charge is 0.329 e. The van der Waals surface area contributed by atoms with Gasteiger partial charge in [0.2, 0.25) is 0 Å². The quantitative estimate of drug-likeness (QED) is 0.576. The molecule has 2 heterocycles. The molecule has 8 nitrogen and oxygen atoms in total. The predicted octanol–water partition coefficient (Wildman–Crippen LogP) is 4.32. The molecule has 1 fully saturated rings. The molecule has 1 aromatic heterocycles. The van der Waals surface area contributed by atoms with Crippen LogP contribution in [0, 0.1) is 5.92 Å². The lowest BCUT2D eigenvalue weighted by atomic mass is 9.84. The number of ether oxygens (including phenoxy) is 1. The second kappa shape index (κ2) is 9.54. The predicted molar refractivity (Wildman–Crippen MR) is 136 cm³/mol. The molecule has 0 saturated carbocycles. The van der Waals surface area contributed by atoms with E-state index in [4.69, 9.17) is 4.74 Å². The van der Waals surface area contributed by atoms with Crippen LogP contribution in [0.15, 0.2) is 29.8 Å². The molecule has 1 amide bonds. The van der Waals surface area contributed by atoms with Gasteiger partial charge in [0.15, 0.2) is 9.84 Å². The highest BCUT2D eigenvalue weighted by Gasteiger charge is 2.62. The van der Waals surface area contributed by atoms with Gasteiger partial charge in [-0.2, -0.15) is 0 Å². The van der Waals surface area contributed by atoms with Gasteiger partial charge in [0, 0.05) is 29.8 Å². The van der Waals surface area contributed by atoms with Gasteiger partial charge < -0.3 is 14.7 Å². The molecular weight excluding hydrogens is 488 g/mol. The first-order chi connectivity index (χ1) is 16.1. The number of carboxylic acids is 1. The summed E-state index contributed by atoms with van der Waals surface area (Å²) in [6, 6.07) is 4.05. The highest BCUT2D eigenvalue weighted by molar-refractivity contribution is 7.91. The van der Waals surface area contributed by atoms with E-state index in [1.54, 1.807) is 23.6 Å². The molecule has 0 unspecified atom stereocenters. The van der Waals surface area contributed by atoms with E-state index in [1.807, 2.05) is 34.6 Å². The molecule has 1 aliphatic rings. The largest absolute Gasteiger partial charge is 0.496 e. The van der Waals surface area contributed by atoms with Gasteiger partial charge in [0.25, 0.3) is 5.91 Å². The van der Waals surface area contributed by atoms with Crippen LogP contribution in [0.25, 0.3) is 0 Å². The van der Waals surface area contributed by atoms with Crippen molar-refractivity contribution in [1.82, 2.24) is 9.88 Å². The second-order valence-electron chi connectivity index (χ2n) is 10.7. The Hall–Kier alpha value is -2.46. The Morgan fingerprint density at radius 2 is 1.97 bits per heavy atom. The average molecular weight is 523 g/mol. The number of carbonyl (C=O) groups is 2. The van der Waals surface area contributed by atoms with Crippen LogP contribution in [0.4, 0.5) is 0 Å². The standard InChI is InChI=1S/C25H34N2O6S2/c1-15(2)13-25(23(29)30)14-19(35(7,31)32)20(21-26-10-11-34-21)27(25)22(28)16-8-9-17(24(3,4)5)18(12-16)33-6/h8-12,15,19-20H,13-14H2,1-7H3,(H,29,30)/t19-,20+,25-/m0/s1. The third-order valence-electron chi connectivity index (χ3n) is 6.50. The fraction of sp³-hybridized carbons (Fsp3) is 0.560. The van der Waals surface area contributed by atoms with Crippen LogP contribution in [0.3, 0.4) is 0 Å². The first-order valence-corrected chi connectivity index (χ1v) is 14.3. The number of rotatable bonds is 7. The van der Waals surface area contributed by atoms with Gasteiger partial charge in [-0.3, -0.25) is 4.79 Å². The lowest BCUT2D eigenvalue weighted by Gasteiger charge is -2.38. The molecule has 2 aromatic rings. The van der Waals surface area contributed by atoms with Crippen LogP contribution in [0.1, 0.15) is 74.4 Å². The summed E-state index contributed by atoms with van der Waals surface area (Å²) in [7, 11) is -2.20. The first kappa shape index (κ1) is 27.1. The van der Waals surface area contributed by atoms with Crippen molar-refractivity contribution in [3.8, 4) is 5.75 Å². The van der Waals surface area contributed by atoms with Crippen LogP contribution in [0.5, 0.6) is 5.75 Å². The molecule has 1 saturated heterocycles. The van der Waals surface area contributed by atoms with E-state index in [0.29, 0.717) is 10.8 Å². The molecule has 0 spiro atoms. The van der Waals surface area contributed by atoms with Crippen molar-refractivity contribution in [3.63, 3.8) is 0 Å².